The van der Waals surface area contributed by atoms with Gasteiger partial charge in [0.25, 0.3) is 5.91 Å². The van der Waals surface area contributed by atoms with E-state index >= 15 is 0 Å². The van der Waals surface area contributed by atoms with Gasteiger partial charge < -0.3 is 10.1 Å². The lowest BCUT2D eigenvalue weighted by atomic mass is 10.1. The number of anilines is 1. The minimum Gasteiger partial charge on any atom is -0.451 e. The van der Waals surface area contributed by atoms with E-state index in [-0.39, 0.29) is 9.90 Å². The molecule has 0 aliphatic rings. The second-order valence-corrected chi connectivity index (χ2v) is 6.95. The number of esters is 1. The van der Waals surface area contributed by atoms with E-state index in [9.17, 15) is 14.0 Å². The minimum atomic E-state index is -0.712. The first kappa shape index (κ1) is 18.4. The molecule has 4 nitrogen and oxygen atoms in total. The Morgan fingerprint density at radius 2 is 2.00 bits per heavy atom. The molecule has 0 unspecified atom stereocenters. The van der Waals surface area contributed by atoms with Crippen molar-refractivity contribution in [3.8, 4) is 0 Å². The van der Waals surface area contributed by atoms with Crippen LogP contribution in [0.5, 0.6) is 0 Å². The molecule has 1 heterocycles. The third kappa shape index (κ3) is 3.86. The number of benzene rings is 2. The van der Waals surface area contributed by atoms with Crippen LogP contribution in [0.4, 0.5) is 10.1 Å². The molecule has 0 aliphatic heterocycles. The van der Waals surface area contributed by atoms with Crippen LogP contribution in [0, 0.1) is 5.82 Å². The summed E-state index contributed by atoms with van der Waals surface area (Å²) in [7, 11) is 0. The van der Waals surface area contributed by atoms with Crippen LogP contribution in [0.3, 0.4) is 0 Å². The van der Waals surface area contributed by atoms with Crippen molar-refractivity contribution in [2.75, 3.05) is 11.9 Å². The van der Waals surface area contributed by atoms with E-state index in [0.29, 0.717) is 15.8 Å². The van der Waals surface area contributed by atoms with Crippen LogP contribution in [0.2, 0.25) is 5.02 Å². The Balaban J connectivity index is 1.67. The molecule has 0 fully saturated rings. The zero-order valence-electron chi connectivity index (χ0n) is 13.8. The number of fused-ring (bicyclic) bond motifs is 1. The first-order valence-corrected chi connectivity index (χ1v) is 9.11. The maximum Gasteiger partial charge on any atom is 0.350 e. The van der Waals surface area contributed by atoms with E-state index in [1.165, 1.54) is 18.2 Å². The Kier molecular flexibility index (Phi) is 5.54. The lowest BCUT2D eigenvalue weighted by Gasteiger charge is -2.09. The highest BCUT2D eigenvalue weighted by Gasteiger charge is 2.20. The molecule has 1 amide bonds. The fourth-order valence-electron chi connectivity index (χ4n) is 2.50. The van der Waals surface area contributed by atoms with Gasteiger partial charge in [-0.05, 0) is 36.2 Å². The van der Waals surface area contributed by atoms with Gasteiger partial charge in [0.2, 0.25) is 0 Å². The number of carbonyl (C=O) groups excluding carboxylic acids is 2. The highest BCUT2D eigenvalue weighted by atomic mass is 35.5. The fraction of sp³-hybridized carbons (Fsp3) is 0.158. The summed E-state index contributed by atoms with van der Waals surface area (Å²) >= 11 is 7.21. The molecule has 7 heteroatoms. The van der Waals surface area contributed by atoms with Gasteiger partial charge in [-0.1, -0.05) is 36.7 Å². The van der Waals surface area contributed by atoms with Gasteiger partial charge in [-0.3, -0.25) is 4.79 Å². The van der Waals surface area contributed by atoms with Gasteiger partial charge in [0.1, 0.15) is 10.7 Å². The maximum atomic E-state index is 13.3. The molecule has 3 rings (SSSR count). The molecule has 1 aromatic heterocycles. The molecule has 2 aromatic carbocycles. The Bertz CT molecular complexity index is 986. The molecular formula is C19H15ClFNO3S. The van der Waals surface area contributed by atoms with Crippen LogP contribution >= 0.6 is 22.9 Å². The molecule has 1 N–H and O–H groups in total. The molecule has 0 saturated heterocycles. The van der Waals surface area contributed by atoms with Gasteiger partial charge in [0.15, 0.2) is 6.61 Å². The number of rotatable bonds is 5. The Labute approximate surface area is 158 Å². The minimum absolute atomic E-state index is 0.147. The van der Waals surface area contributed by atoms with E-state index in [1.807, 2.05) is 25.1 Å². The van der Waals surface area contributed by atoms with E-state index in [0.717, 1.165) is 23.3 Å². The van der Waals surface area contributed by atoms with Gasteiger partial charge >= 0.3 is 5.97 Å². The number of hydrogen-bond acceptors (Lipinski definition) is 4. The standard InChI is InChI=1S/C19H15ClFNO3S/c1-2-11-5-3-4-6-14(11)22-16(23)10-25-19(24)18-17(20)13-8-7-12(21)9-15(13)26-18/h3-9H,2,10H2,1H3,(H,22,23). The van der Waals surface area contributed by atoms with Gasteiger partial charge in [0.05, 0.1) is 5.02 Å². The normalized spacial score (nSPS) is 10.7. The summed E-state index contributed by atoms with van der Waals surface area (Å²) in [5.74, 6) is -1.57. The lowest BCUT2D eigenvalue weighted by Crippen LogP contribution is -2.21. The quantitative estimate of drug-likeness (QED) is 0.619. The molecule has 0 radical (unpaired) electrons. The summed E-state index contributed by atoms with van der Waals surface area (Å²) in [6, 6.07) is 11.5. The van der Waals surface area contributed by atoms with Gasteiger partial charge in [0, 0.05) is 15.8 Å². The summed E-state index contributed by atoms with van der Waals surface area (Å²) in [5.41, 5.74) is 1.67. The summed E-state index contributed by atoms with van der Waals surface area (Å²) in [6.07, 6.45) is 0.768. The van der Waals surface area contributed by atoms with Gasteiger partial charge in [-0.15, -0.1) is 11.3 Å². The van der Waals surface area contributed by atoms with E-state index in [2.05, 4.69) is 5.32 Å². The Morgan fingerprint density at radius 1 is 1.23 bits per heavy atom. The van der Waals surface area contributed by atoms with Gasteiger partial charge in [-0.2, -0.15) is 0 Å². The summed E-state index contributed by atoms with van der Waals surface area (Å²) < 4.78 is 18.9. The molecule has 26 heavy (non-hydrogen) atoms. The first-order chi connectivity index (χ1) is 12.5. The number of para-hydroxylation sites is 1. The molecule has 0 saturated carbocycles. The van der Waals surface area contributed by atoms with Crippen molar-refractivity contribution in [1.29, 1.82) is 0 Å². The van der Waals surface area contributed by atoms with Crippen molar-refractivity contribution in [3.63, 3.8) is 0 Å². The van der Waals surface area contributed by atoms with Crippen molar-refractivity contribution in [1.82, 2.24) is 0 Å². The maximum absolute atomic E-state index is 13.3. The number of aryl methyl sites for hydroxylation is 1. The van der Waals surface area contributed by atoms with Crippen LogP contribution in [-0.4, -0.2) is 18.5 Å². The topological polar surface area (TPSA) is 55.4 Å². The van der Waals surface area contributed by atoms with Crippen molar-refractivity contribution < 1.29 is 18.7 Å². The molecule has 0 atom stereocenters. The van der Waals surface area contributed by atoms with Crippen molar-refractivity contribution in [3.05, 3.63) is 63.7 Å². The Hall–Kier alpha value is -2.44. The third-order valence-corrected chi connectivity index (χ3v) is 5.42. The average molecular weight is 392 g/mol. The summed E-state index contributed by atoms with van der Waals surface area (Å²) in [4.78, 5) is 24.4. The molecule has 3 aromatic rings. The zero-order valence-corrected chi connectivity index (χ0v) is 15.4. The van der Waals surface area contributed by atoms with E-state index in [1.54, 1.807) is 6.07 Å². The highest BCUT2D eigenvalue weighted by molar-refractivity contribution is 7.21. The number of halogens is 2. The molecule has 0 aliphatic carbocycles. The number of carbonyl (C=O) groups is 2. The largest absolute Gasteiger partial charge is 0.451 e. The lowest BCUT2D eigenvalue weighted by molar-refractivity contribution is -0.119. The Morgan fingerprint density at radius 3 is 2.77 bits per heavy atom. The van der Waals surface area contributed by atoms with E-state index < -0.39 is 24.3 Å². The molecule has 0 bridgehead atoms. The monoisotopic (exact) mass is 391 g/mol. The molecular weight excluding hydrogens is 377 g/mol. The second kappa shape index (κ2) is 7.85. The number of amides is 1. The van der Waals surface area contributed by atoms with Crippen LogP contribution in [-0.2, 0) is 16.0 Å². The number of thiophene rings is 1. The SMILES string of the molecule is CCc1ccccc1NC(=O)COC(=O)c1sc2cc(F)ccc2c1Cl. The smallest absolute Gasteiger partial charge is 0.350 e. The third-order valence-electron chi connectivity index (χ3n) is 3.78. The number of hydrogen-bond donors (Lipinski definition) is 1. The highest BCUT2D eigenvalue weighted by Crippen LogP contribution is 2.36. The fourth-order valence-corrected chi connectivity index (χ4v) is 3.93. The van der Waals surface area contributed by atoms with Crippen molar-refractivity contribution in [2.24, 2.45) is 0 Å². The molecule has 134 valence electrons. The summed E-state index contributed by atoms with van der Waals surface area (Å²) in [5, 5.41) is 3.50. The summed E-state index contributed by atoms with van der Waals surface area (Å²) in [6.45, 7) is 1.55. The number of nitrogens with one attached hydrogen (secondary N) is 1. The number of ether oxygens (including phenoxy) is 1. The molecule has 0 spiro atoms. The van der Waals surface area contributed by atoms with Crippen molar-refractivity contribution >= 4 is 50.6 Å². The van der Waals surface area contributed by atoms with Crippen LogP contribution in [0.1, 0.15) is 22.2 Å². The van der Waals surface area contributed by atoms with Crippen LogP contribution in [0.15, 0.2) is 42.5 Å². The predicted molar refractivity (Wildman–Crippen MR) is 102 cm³/mol. The first-order valence-electron chi connectivity index (χ1n) is 7.92. The second-order valence-electron chi connectivity index (χ2n) is 5.52. The van der Waals surface area contributed by atoms with E-state index in [4.69, 9.17) is 16.3 Å². The zero-order chi connectivity index (χ0) is 18.7. The van der Waals surface area contributed by atoms with Crippen molar-refractivity contribution in [2.45, 2.75) is 13.3 Å². The predicted octanol–water partition coefficient (Wildman–Crippen LogP) is 5.05. The average Bonchev–Trinajstić information content (AvgIpc) is 2.96. The van der Waals surface area contributed by atoms with Gasteiger partial charge in [-0.25, -0.2) is 9.18 Å². The van der Waals surface area contributed by atoms with Crippen LogP contribution in [0.25, 0.3) is 10.1 Å². The van der Waals surface area contributed by atoms with Crippen LogP contribution < -0.4 is 5.32 Å².